The zero-order chi connectivity index (χ0) is 23.4. The van der Waals surface area contributed by atoms with E-state index in [2.05, 4.69) is 9.97 Å². The van der Waals surface area contributed by atoms with E-state index in [9.17, 15) is 18.0 Å². The molecule has 1 aliphatic rings. The predicted molar refractivity (Wildman–Crippen MR) is 114 cm³/mol. The first kappa shape index (κ1) is 22.7. The van der Waals surface area contributed by atoms with E-state index < -0.39 is 12.8 Å². The lowest BCUT2D eigenvalue weighted by Crippen LogP contribution is -2.43. The van der Waals surface area contributed by atoms with E-state index in [1.54, 1.807) is 29.4 Å². The van der Waals surface area contributed by atoms with E-state index >= 15 is 0 Å². The summed E-state index contributed by atoms with van der Waals surface area (Å²) in [5, 5.41) is 0. The highest BCUT2D eigenvalue weighted by Gasteiger charge is 2.32. The Morgan fingerprint density at radius 3 is 2.61 bits per heavy atom. The number of amides is 1. The Morgan fingerprint density at radius 2 is 1.91 bits per heavy atom. The highest BCUT2D eigenvalue weighted by atomic mass is 19.4. The zero-order valence-electron chi connectivity index (χ0n) is 17.9. The Morgan fingerprint density at radius 1 is 1.12 bits per heavy atom. The quantitative estimate of drug-likeness (QED) is 0.546. The van der Waals surface area contributed by atoms with E-state index in [-0.39, 0.29) is 24.4 Å². The van der Waals surface area contributed by atoms with Gasteiger partial charge in [0.2, 0.25) is 11.8 Å². The first-order valence-corrected chi connectivity index (χ1v) is 10.3. The van der Waals surface area contributed by atoms with Crippen molar-refractivity contribution >= 4 is 5.91 Å². The average Bonchev–Trinajstić information content (AvgIpc) is 2.80. The molecule has 0 bridgehead atoms. The zero-order valence-corrected chi connectivity index (χ0v) is 17.9. The molecule has 9 heteroatoms. The average molecular weight is 457 g/mol. The highest BCUT2D eigenvalue weighted by molar-refractivity contribution is 5.79. The van der Waals surface area contributed by atoms with Gasteiger partial charge in [0, 0.05) is 42.3 Å². The summed E-state index contributed by atoms with van der Waals surface area (Å²) in [5.41, 5.74) is 4.33. The molecule has 1 saturated heterocycles. The van der Waals surface area contributed by atoms with Crippen LogP contribution in [0.3, 0.4) is 0 Å². The predicted octanol–water partition coefficient (Wildman–Crippen LogP) is 4.49. The molecular weight excluding hydrogens is 435 g/mol. The molecular formula is C24H22F3N3O3. The van der Waals surface area contributed by atoms with Gasteiger partial charge in [-0.2, -0.15) is 13.2 Å². The Kier molecular flexibility index (Phi) is 6.60. The first-order chi connectivity index (χ1) is 15.8. The molecule has 6 nitrogen and oxygen atoms in total. The van der Waals surface area contributed by atoms with E-state index in [0.717, 1.165) is 22.3 Å². The summed E-state index contributed by atoms with van der Waals surface area (Å²) in [7, 11) is 0. The van der Waals surface area contributed by atoms with Gasteiger partial charge in [0.1, 0.15) is 6.61 Å². The maximum atomic E-state index is 12.8. The molecule has 0 aliphatic carbocycles. The van der Waals surface area contributed by atoms with Gasteiger partial charge in [-0.15, -0.1) is 0 Å². The van der Waals surface area contributed by atoms with E-state index in [1.165, 1.54) is 12.3 Å². The molecule has 1 atom stereocenters. The lowest BCUT2D eigenvalue weighted by molar-refractivity contribution is -0.154. The second-order valence-electron chi connectivity index (χ2n) is 7.79. The summed E-state index contributed by atoms with van der Waals surface area (Å²) >= 11 is 0. The smallest absolute Gasteiger partial charge is 0.422 e. The number of hydrogen-bond donors (Lipinski definition) is 0. The molecule has 3 heterocycles. The van der Waals surface area contributed by atoms with Gasteiger partial charge in [0.25, 0.3) is 0 Å². The molecule has 0 radical (unpaired) electrons. The van der Waals surface area contributed by atoms with E-state index in [4.69, 9.17) is 9.47 Å². The number of ether oxygens (including phenoxy) is 2. The van der Waals surface area contributed by atoms with Crippen molar-refractivity contribution in [2.75, 3.05) is 19.8 Å². The lowest BCUT2D eigenvalue weighted by Gasteiger charge is -2.36. The third-order valence-corrected chi connectivity index (χ3v) is 5.31. The maximum absolute atomic E-state index is 12.8. The third kappa shape index (κ3) is 5.67. The number of aromatic nitrogens is 2. The van der Waals surface area contributed by atoms with Gasteiger partial charge in [0.15, 0.2) is 6.61 Å². The fourth-order valence-corrected chi connectivity index (χ4v) is 3.67. The van der Waals surface area contributed by atoms with Crippen molar-refractivity contribution in [2.45, 2.75) is 25.7 Å². The number of morpholine rings is 1. The van der Waals surface area contributed by atoms with Crippen molar-refractivity contribution in [1.29, 1.82) is 0 Å². The van der Waals surface area contributed by atoms with Gasteiger partial charge in [-0.25, -0.2) is 4.98 Å². The maximum Gasteiger partial charge on any atom is 0.422 e. The Labute approximate surface area is 189 Å². The molecule has 2 aromatic heterocycles. The minimum atomic E-state index is -4.44. The molecule has 0 N–H and O–H groups in total. The molecule has 1 amide bonds. The summed E-state index contributed by atoms with van der Waals surface area (Å²) < 4.78 is 47.4. The first-order valence-electron chi connectivity index (χ1n) is 10.3. The van der Waals surface area contributed by atoms with Crippen LogP contribution in [0.4, 0.5) is 13.2 Å². The summed E-state index contributed by atoms with van der Waals surface area (Å²) in [5.74, 6) is -0.250. The second-order valence-corrected chi connectivity index (χ2v) is 7.79. The molecule has 33 heavy (non-hydrogen) atoms. The van der Waals surface area contributed by atoms with Gasteiger partial charge in [-0.3, -0.25) is 9.78 Å². The fraction of sp³-hybridized carbons (Fsp3) is 0.292. The van der Waals surface area contributed by atoms with Crippen molar-refractivity contribution in [2.24, 2.45) is 0 Å². The summed E-state index contributed by atoms with van der Waals surface area (Å²) in [6.07, 6.45) is 0.300. The van der Waals surface area contributed by atoms with Crippen molar-refractivity contribution in [3.8, 4) is 17.0 Å². The molecule has 1 aliphatic heterocycles. The van der Waals surface area contributed by atoms with Crippen molar-refractivity contribution in [1.82, 2.24) is 14.9 Å². The van der Waals surface area contributed by atoms with Crippen LogP contribution in [0.1, 0.15) is 22.7 Å². The largest absolute Gasteiger partial charge is 0.468 e. The second kappa shape index (κ2) is 9.58. The summed E-state index contributed by atoms with van der Waals surface area (Å²) in [4.78, 5) is 22.8. The normalized spacial score (nSPS) is 16.7. The number of carbonyl (C=O) groups is 1. The minimum Gasteiger partial charge on any atom is -0.468 e. The van der Waals surface area contributed by atoms with Gasteiger partial charge in [-0.1, -0.05) is 29.8 Å². The van der Waals surface area contributed by atoms with Crippen molar-refractivity contribution < 1.29 is 27.4 Å². The Bertz CT molecular complexity index is 1100. The molecule has 1 unspecified atom stereocenters. The van der Waals surface area contributed by atoms with Crippen LogP contribution in [0.5, 0.6) is 5.88 Å². The molecule has 0 saturated carbocycles. The SMILES string of the molecule is Cc1ccc(CN2C(=O)COCC2c2cnccc2-c2ccc(OCC(F)(F)F)nc2)cc1. The fourth-order valence-electron chi connectivity index (χ4n) is 3.67. The number of benzene rings is 1. The molecule has 3 aromatic rings. The van der Waals surface area contributed by atoms with Gasteiger partial charge < -0.3 is 14.4 Å². The number of rotatable bonds is 6. The molecule has 4 rings (SSSR count). The van der Waals surface area contributed by atoms with Crippen LogP contribution in [0.2, 0.25) is 0 Å². The van der Waals surface area contributed by atoms with Crippen LogP contribution < -0.4 is 4.74 Å². The lowest BCUT2D eigenvalue weighted by atomic mass is 9.96. The van der Waals surface area contributed by atoms with Gasteiger partial charge in [-0.05, 0) is 30.2 Å². The standard InChI is InChI=1S/C24H22F3N3O3/c1-16-2-4-17(5-3-16)12-30-21(13-32-14-23(30)31)20-11-28-9-8-19(20)18-6-7-22(29-10-18)33-15-24(25,26)27/h2-11,21H,12-15H2,1H3. The number of carbonyl (C=O) groups excluding carboxylic acids is 1. The molecule has 172 valence electrons. The number of aryl methyl sites for hydroxylation is 1. The van der Waals surface area contributed by atoms with Gasteiger partial charge >= 0.3 is 6.18 Å². The van der Waals surface area contributed by atoms with Crippen LogP contribution in [0.25, 0.3) is 11.1 Å². The van der Waals surface area contributed by atoms with Crippen molar-refractivity contribution in [3.05, 3.63) is 77.7 Å². The van der Waals surface area contributed by atoms with Crippen LogP contribution >= 0.6 is 0 Å². The number of alkyl halides is 3. The highest BCUT2D eigenvalue weighted by Crippen LogP contribution is 2.34. The van der Waals surface area contributed by atoms with Gasteiger partial charge in [0.05, 0.1) is 12.6 Å². The molecule has 1 fully saturated rings. The van der Waals surface area contributed by atoms with Crippen molar-refractivity contribution in [3.63, 3.8) is 0 Å². The molecule has 1 aromatic carbocycles. The number of nitrogens with zero attached hydrogens (tertiary/aromatic N) is 3. The Hall–Kier alpha value is -3.46. The summed E-state index contributed by atoms with van der Waals surface area (Å²) in [6, 6.07) is 12.4. The van der Waals surface area contributed by atoms with Crippen LogP contribution in [-0.2, 0) is 16.1 Å². The van der Waals surface area contributed by atoms with Crippen LogP contribution in [0, 0.1) is 6.92 Å². The number of halogens is 3. The van der Waals surface area contributed by atoms with Crippen LogP contribution in [-0.4, -0.2) is 46.8 Å². The van der Waals surface area contributed by atoms with Crippen LogP contribution in [0.15, 0.2) is 61.1 Å². The van der Waals surface area contributed by atoms with E-state index in [0.29, 0.717) is 18.7 Å². The minimum absolute atomic E-state index is 0.00472. The monoisotopic (exact) mass is 457 g/mol. The topological polar surface area (TPSA) is 64.6 Å². The Balaban J connectivity index is 1.61. The third-order valence-electron chi connectivity index (χ3n) is 5.31. The summed E-state index contributed by atoms with van der Waals surface area (Å²) in [6.45, 7) is 1.32. The molecule has 0 spiro atoms. The number of pyridine rings is 2. The number of hydrogen-bond acceptors (Lipinski definition) is 5. The van der Waals surface area contributed by atoms with E-state index in [1.807, 2.05) is 31.2 Å².